The van der Waals surface area contributed by atoms with Crippen molar-refractivity contribution in [3.63, 3.8) is 0 Å². The van der Waals surface area contributed by atoms with E-state index in [1.807, 2.05) is 0 Å². The molecule has 2 heterocycles. The number of benzene rings is 1. The van der Waals surface area contributed by atoms with E-state index in [0.29, 0.717) is 10.1 Å². The van der Waals surface area contributed by atoms with Crippen molar-refractivity contribution in [1.29, 1.82) is 0 Å². The fourth-order valence-corrected chi connectivity index (χ4v) is 2.53. The van der Waals surface area contributed by atoms with Gasteiger partial charge in [-0.3, -0.25) is 4.79 Å². The highest BCUT2D eigenvalue weighted by Gasteiger charge is 2.19. The van der Waals surface area contributed by atoms with Crippen molar-refractivity contribution < 1.29 is 19.4 Å². The van der Waals surface area contributed by atoms with Gasteiger partial charge in [-0.2, -0.15) is 4.73 Å². The van der Waals surface area contributed by atoms with E-state index in [9.17, 15) is 15.1 Å². The second-order valence-electron chi connectivity index (χ2n) is 6.64. The molecule has 0 saturated heterocycles. The molecule has 0 unspecified atom stereocenters. The fraction of sp³-hybridized carbons (Fsp3) is 0.312. The van der Waals surface area contributed by atoms with E-state index in [0.717, 1.165) is 11.0 Å². The number of aromatic hydroxyl groups is 1. The van der Waals surface area contributed by atoms with Crippen LogP contribution in [-0.4, -0.2) is 59.2 Å². The lowest BCUT2D eigenvalue weighted by atomic mass is 10.1. The van der Waals surface area contributed by atoms with E-state index in [1.165, 1.54) is 18.2 Å². The minimum Gasteiger partial charge on any atom is -0.618 e. The number of nitrogens with zero attached hydrogens (tertiary/aromatic N) is 3. The van der Waals surface area contributed by atoms with Crippen LogP contribution in [0.2, 0.25) is 10.0 Å². The minimum atomic E-state index is -0.578. The third-order valence-electron chi connectivity index (χ3n) is 3.54. The van der Waals surface area contributed by atoms with Crippen LogP contribution in [0.1, 0.15) is 0 Å². The number of hydrogen-bond donors (Lipinski definition) is 3. The summed E-state index contributed by atoms with van der Waals surface area (Å²) in [6.07, 6.45) is 0. The third-order valence-corrected chi connectivity index (χ3v) is 4.26. The Morgan fingerprint density at radius 2 is 1.85 bits per heavy atom. The lowest BCUT2D eigenvalue weighted by molar-refractivity contribution is -0.870. The van der Waals surface area contributed by atoms with E-state index < -0.39 is 11.4 Å². The molecule has 0 saturated carbocycles. The molecule has 2 aromatic heterocycles. The molecule has 0 amide bonds. The van der Waals surface area contributed by atoms with Crippen LogP contribution >= 0.6 is 23.2 Å². The molecule has 0 aliphatic rings. The molecular formula is C16H19Cl2N4O4+. The molecule has 0 spiro atoms. The number of rotatable bonds is 2. The van der Waals surface area contributed by atoms with Gasteiger partial charge >= 0.3 is 5.88 Å². The van der Waals surface area contributed by atoms with Gasteiger partial charge in [0.25, 0.3) is 11.1 Å². The third kappa shape index (κ3) is 4.34. The molecule has 0 radical (unpaired) electrons. The standard InChI is InChI=1S/C11H5Cl2N3O3.C5H14NO/c12-6-2-4-1-5-9(11(18)15-14-10(5)17)16(19)8(4)3-7(6)13;1-6(2,3)4-5-7/h1-3H,(H,14,17)(H,15,18);7H,4-5H2,1-3H3/q;+1. The van der Waals surface area contributed by atoms with Gasteiger partial charge in [-0.1, -0.05) is 23.2 Å². The summed E-state index contributed by atoms with van der Waals surface area (Å²) in [5.74, 6) is -0.558. The van der Waals surface area contributed by atoms with Crippen LogP contribution in [0.15, 0.2) is 23.0 Å². The summed E-state index contributed by atoms with van der Waals surface area (Å²) in [6, 6.07) is 4.29. The molecular weight excluding hydrogens is 383 g/mol. The van der Waals surface area contributed by atoms with Gasteiger partial charge in [-0.15, -0.1) is 5.10 Å². The molecule has 0 bridgehead atoms. The number of fused-ring (bicyclic) bond motifs is 2. The average Bonchev–Trinajstić information content (AvgIpc) is 2.52. The number of H-pyrrole nitrogens is 1. The highest BCUT2D eigenvalue weighted by Crippen LogP contribution is 2.28. The summed E-state index contributed by atoms with van der Waals surface area (Å²) in [4.78, 5) is 11.6. The largest absolute Gasteiger partial charge is 0.618 e. The fourth-order valence-electron chi connectivity index (χ4n) is 2.20. The Hall–Kier alpha value is -2.13. The van der Waals surface area contributed by atoms with Crippen molar-refractivity contribution in [2.45, 2.75) is 0 Å². The molecule has 8 nitrogen and oxygen atoms in total. The number of aromatic nitrogens is 3. The van der Waals surface area contributed by atoms with Crippen LogP contribution in [0.25, 0.3) is 21.8 Å². The molecule has 0 fully saturated rings. The van der Waals surface area contributed by atoms with Crippen LogP contribution in [0.5, 0.6) is 5.88 Å². The van der Waals surface area contributed by atoms with Crippen molar-refractivity contribution in [1.82, 2.24) is 10.2 Å². The molecule has 1 aromatic carbocycles. The summed E-state index contributed by atoms with van der Waals surface area (Å²) in [7, 11) is 6.16. The Balaban J connectivity index is 0.000000298. The van der Waals surface area contributed by atoms with Gasteiger partial charge in [0.2, 0.25) is 5.52 Å². The van der Waals surface area contributed by atoms with Crippen molar-refractivity contribution in [3.8, 4) is 5.88 Å². The first kappa shape index (κ1) is 20.2. The topological polar surface area (TPSA) is 113 Å². The maximum atomic E-state index is 12.2. The number of nitrogens with one attached hydrogen (secondary N) is 1. The van der Waals surface area contributed by atoms with Crippen molar-refractivity contribution in [3.05, 3.63) is 43.8 Å². The van der Waals surface area contributed by atoms with Crippen LogP contribution < -0.4 is 10.3 Å². The Labute approximate surface area is 159 Å². The number of hydrogen-bond acceptors (Lipinski definition) is 5. The highest BCUT2D eigenvalue weighted by atomic mass is 35.5. The van der Waals surface area contributed by atoms with Gasteiger partial charge in [0.1, 0.15) is 11.9 Å². The van der Waals surface area contributed by atoms with E-state index >= 15 is 0 Å². The lowest BCUT2D eigenvalue weighted by Crippen LogP contribution is -2.36. The summed E-state index contributed by atoms with van der Waals surface area (Å²) < 4.78 is 1.25. The van der Waals surface area contributed by atoms with Crippen molar-refractivity contribution >= 4 is 45.0 Å². The maximum absolute atomic E-state index is 12.2. The van der Waals surface area contributed by atoms with E-state index in [1.54, 1.807) is 0 Å². The van der Waals surface area contributed by atoms with Gasteiger partial charge < -0.3 is 19.9 Å². The number of pyridine rings is 1. The summed E-state index contributed by atoms with van der Waals surface area (Å²) in [6.45, 7) is 1.11. The van der Waals surface area contributed by atoms with Gasteiger partial charge in [0, 0.05) is 6.07 Å². The van der Waals surface area contributed by atoms with Crippen LogP contribution in [0.3, 0.4) is 0 Å². The van der Waals surface area contributed by atoms with Crippen molar-refractivity contribution in [2.75, 3.05) is 34.3 Å². The van der Waals surface area contributed by atoms with Gasteiger partial charge in [-0.25, -0.2) is 5.10 Å². The number of aromatic amines is 1. The number of aliphatic hydroxyl groups excluding tert-OH is 1. The molecule has 0 aliphatic heterocycles. The molecule has 3 N–H and O–H groups in total. The van der Waals surface area contributed by atoms with Gasteiger partial charge in [0.05, 0.1) is 43.2 Å². The molecule has 140 valence electrons. The summed E-state index contributed by atoms with van der Waals surface area (Å²) in [5, 5.41) is 36.5. The molecule has 10 heteroatoms. The van der Waals surface area contributed by atoms with E-state index in [2.05, 4.69) is 31.3 Å². The Kier molecular flexibility index (Phi) is 5.92. The number of aliphatic hydroxyl groups is 1. The Morgan fingerprint density at radius 1 is 1.23 bits per heavy atom. The van der Waals surface area contributed by atoms with E-state index in [4.69, 9.17) is 28.3 Å². The zero-order chi connectivity index (χ0) is 19.6. The number of quaternary nitrogens is 1. The second kappa shape index (κ2) is 7.63. The number of halogens is 2. The second-order valence-corrected chi connectivity index (χ2v) is 7.45. The first-order valence-corrected chi connectivity index (χ1v) is 8.34. The zero-order valence-corrected chi connectivity index (χ0v) is 16.0. The molecule has 0 atom stereocenters. The Bertz CT molecular complexity index is 1020. The normalized spacial score (nSPS) is 11.5. The quantitative estimate of drug-likeness (QED) is 0.260. The van der Waals surface area contributed by atoms with Crippen LogP contribution in [0.4, 0.5) is 0 Å². The summed E-state index contributed by atoms with van der Waals surface area (Å²) in [5.41, 5.74) is -0.607. The predicted molar refractivity (Wildman–Crippen MR) is 100 cm³/mol. The molecule has 3 aromatic rings. The summed E-state index contributed by atoms with van der Waals surface area (Å²) >= 11 is 11.7. The molecule has 3 rings (SSSR count). The zero-order valence-electron chi connectivity index (χ0n) is 14.5. The van der Waals surface area contributed by atoms with Gasteiger partial charge in [-0.05, 0) is 12.1 Å². The first-order valence-electron chi connectivity index (χ1n) is 7.59. The van der Waals surface area contributed by atoms with Crippen LogP contribution in [-0.2, 0) is 0 Å². The number of likely N-dealkylation sites (N-methyl/N-ethyl adjacent to an activating group) is 1. The van der Waals surface area contributed by atoms with Crippen LogP contribution in [0, 0.1) is 5.21 Å². The predicted octanol–water partition coefficient (Wildman–Crippen LogP) is 1.41. The lowest BCUT2D eigenvalue weighted by Gasteiger charge is -2.21. The molecule has 0 aliphatic carbocycles. The maximum Gasteiger partial charge on any atom is 0.304 e. The minimum absolute atomic E-state index is 0.0217. The Morgan fingerprint density at radius 3 is 2.38 bits per heavy atom. The average molecular weight is 402 g/mol. The molecule has 26 heavy (non-hydrogen) atoms. The smallest absolute Gasteiger partial charge is 0.304 e. The van der Waals surface area contributed by atoms with Crippen molar-refractivity contribution in [2.24, 2.45) is 0 Å². The van der Waals surface area contributed by atoms with Gasteiger partial charge in [0.15, 0.2) is 0 Å². The first-order chi connectivity index (χ1) is 12.0. The monoisotopic (exact) mass is 401 g/mol. The van der Waals surface area contributed by atoms with E-state index in [-0.39, 0.29) is 33.1 Å². The SMILES string of the molecule is C[N+](C)(C)CCO.O=c1[nH]nc(O)c2c1cc1cc(Cl)c(Cl)cc1[n+]2[O-]. The highest BCUT2D eigenvalue weighted by molar-refractivity contribution is 6.42.